The van der Waals surface area contributed by atoms with Crippen molar-refractivity contribution in [2.75, 3.05) is 6.54 Å². The molecule has 0 bridgehead atoms. The Balaban J connectivity index is 1.92. The van der Waals surface area contributed by atoms with Gasteiger partial charge >= 0.3 is 0 Å². The van der Waals surface area contributed by atoms with E-state index >= 15 is 0 Å². The van der Waals surface area contributed by atoms with E-state index < -0.39 is 11.0 Å². The SMILES string of the molecule is Cc1csc(C(C)NCC(O)c2ccc([N+](=O)[O-])cc2)n1. The van der Waals surface area contributed by atoms with Crippen molar-refractivity contribution in [2.45, 2.75) is 26.0 Å². The molecule has 1 aromatic heterocycles. The van der Waals surface area contributed by atoms with Gasteiger partial charge in [-0.1, -0.05) is 0 Å². The molecule has 0 radical (unpaired) electrons. The van der Waals surface area contributed by atoms with Crippen molar-refractivity contribution in [1.82, 2.24) is 10.3 Å². The highest BCUT2D eigenvalue weighted by molar-refractivity contribution is 7.09. The van der Waals surface area contributed by atoms with E-state index in [4.69, 9.17) is 0 Å². The van der Waals surface area contributed by atoms with Crippen molar-refractivity contribution in [3.05, 3.63) is 56.0 Å². The Labute approximate surface area is 126 Å². The average molecular weight is 307 g/mol. The number of nitro benzene ring substituents is 1. The van der Waals surface area contributed by atoms with E-state index in [9.17, 15) is 15.2 Å². The fourth-order valence-corrected chi connectivity index (χ4v) is 2.71. The Bertz CT molecular complexity index is 612. The third-order valence-corrected chi connectivity index (χ3v) is 4.26. The highest BCUT2D eigenvalue weighted by atomic mass is 32.1. The van der Waals surface area contributed by atoms with Crippen molar-refractivity contribution in [1.29, 1.82) is 0 Å². The molecule has 0 amide bonds. The summed E-state index contributed by atoms with van der Waals surface area (Å²) in [5, 5.41) is 26.9. The van der Waals surface area contributed by atoms with Crippen molar-refractivity contribution in [3.8, 4) is 0 Å². The van der Waals surface area contributed by atoms with Crippen LogP contribution in [0.3, 0.4) is 0 Å². The highest BCUT2D eigenvalue weighted by Gasteiger charge is 2.14. The number of hydrogen-bond acceptors (Lipinski definition) is 6. The Morgan fingerprint density at radius 3 is 2.62 bits per heavy atom. The quantitative estimate of drug-likeness (QED) is 0.633. The summed E-state index contributed by atoms with van der Waals surface area (Å²) in [6.45, 7) is 4.29. The lowest BCUT2D eigenvalue weighted by Gasteiger charge is -2.15. The first-order valence-electron chi connectivity index (χ1n) is 6.55. The Morgan fingerprint density at radius 1 is 1.43 bits per heavy atom. The van der Waals surface area contributed by atoms with Crippen LogP contribution < -0.4 is 5.32 Å². The van der Waals surface area contributed by atoms with Crippen LogP contribution in [0.4, 0.5) is 5.69 Å². The molecule has 112 valence electrons. The van der Waals surface area contributed by atoms with E-state index in [1.165, 1.54) is 12.1 Å². The molecule has 2 unspecified atom stereocenters. The molecule has 1 aromatic carbocycles. The summed E-state index contributed by atoms with van der Waals surface area (Å²) in [5.74, 6) is 0. The summed E-state index contributed by atoms with van der Waals surface area (Å²) in [5.41, 5.74) is 1.65. The molecule has 0 aliphatic heterocycles. The maximum absolute atomic E-state index is 10.6. The van der Waals surface area contributed by atoms with E-state index in [1.807, 2.05) is 19.2 Å². The number of aromatic nitrogens is 1. The van der Waals surface area contributed by atoms with Crippen molar-refractivity contribution in [2.24, 2.45) is 0 Å². The van der Waals surface area contributed by atoms with Gasteiger partial charge in [0.15, 0.2) is 0 Å². The predicted molar refractivity (Wildman–Crippen MR) is 81.3 cm³/mol. The highest BCUT2D eigenvalue weighted by Crippen LogP contribution is 2.20. The number of nitro groups is 1. The molecule has 0 saturated carbocycles. The number of hydrogen-bond donors (Lipinski definition) is 2. The number of aliphatic hydroxyl groups excluding tert-OH is 1. The van der Waals surface area contributed by atoms with Crippen LogP contribution in [0.1, 0.15) is 35.3 Å². The Hall–Kier alpha value is -1.83. The van der Waals surface area contributed by atoms with Gasteiger partial charge in [-0.3, -0.25) is 10.1 Å². The number of thiazole rings is 1. The minimum Gasteiger partial charge on any atom is -0.387 e. The van der Waals surface area contributed by atoms with Crippen molar-refractivity contribution in [3.63, 3.8) is 0 Å². The van der Waals surface area contributed by atoms with Crippen molar-refractivity contribution < 1.29 is 10.0 Å². The Kier molecular flexibility index (Phi) is 5.00. The molecule has 1 heterocycles. The monoisotopic (exact) mass is 307 g/mol. The summed E-state index contributed by atoms with van der Waals surface area (Å²) in [6.07, 6.45) is -0.714. The maximum Gasteiger partial charge on any atom is 0.269 e. The minimum absolute atomic E-state index is 0.0190. The second-order valence-electron chi connectivity index (χ2n) is 4.82. The van der Waals surface area contributed by atoms with Gasteiger partial charge in [0, 0.05) is 29.8 Å². The average Bonchev–Trinajstić information content (AvgIpc) is 2.91. The minimum atomic E-state index is -0.714. The van der Waals surface area contributed by atoms with Gasteiger partial charge in [-0.2, -0.15) is 0 Å². The second-order valence-corrected chi connectivity index (χ2v) is 5.71. The van der Waals surface area contributed by atoms with E-state index in [0.29, 0.717) is 12.1 Å². The standard InChI is InChI=1S/C14H17N3O3S/c1-9-8-21-14(16-9)10(2)15-7-13(18)11-3-5-12(6-4-11)17(19)20/h3-6,8,10,13,15,18H,7H2,1-2H3. The smallest absolute Gasteiger partial charge is 0.269 e. The van der Waals surface area contributed by atoms with Crippen LogP contribution in [0, 0.1) is 17.0 Å². The first-order valence-corrected chi connectivity index (χ1v) is 7.43. The van der Waals surface area contributed by atoms with Gasteiger partial charge in [0.05, 0.1) is 17.1 Å². The Morgan fingerprint density at radius 2 is 2.10 bits per heavy atom. The molecule has 2 aromatic rings. The van der Waals surface area contributed by atoms with E-state index in [2.05, 4.69) is 10.3 Å². The van der Waals surface area contributed by atoms with Crippen molar-refractivity contribution >= 4 is 17.0 Å². The molecule has 2 N–H and O–H groups in total. The molecule has 7 heteroatoms. The molecule has 0 spiro atoms. The van der Waals surface area contributed by atoms with Gasteiger partial charge in [0.25, 0.3) is 5.69 Å². The number of aryl methyl sites for hydroxylation is 1. The number of benzene rings is 1. The third-order valence-electron chi connectivity index (χ3n) is 3.11. The first-order chi connectivity index (χ1) is 9.97. The topological polar surface area (TPSA) is 88.3 Å². The largest absolute Gasteiger partial charge is 0.387 e. The number of rotatable bonds is 6. The number of nitrogens with one attached hydrogen (secondary N) is 1. The van der Waals surface area contributed by atoms with Crippen LogP contribution in [0.25, 0.3) is 0 Å². The second kappa shape index (κ2) is 6.75. The summed E-state index contributed by atoms with van der Waals surface area (Å²) in [7, 11) is 0. The zero-order chi connectivity index (χ0) is 15.4. The van der Waals surface area contributed by atoms with Crippen LogP contribution in [-0.4, -0.2) is 21.6 Å². The molecule has 0 aliphatic rings. The fourth-order valence-electron chi connectivity index (χ4n) is 1.88. The van der Waals surface area contributed by atoms with Gasteiger partial charge < -0.3 is 10.4 Å². The van der Waals surface area contributed by atoms with Gasteiger partial charge in [-0.05, 0) is 31.5 Å². The van der Waals surface area contributed by atoms with Gasteiger partial charge in [-0.15, -0.1) is 11.3 Å². The number of non-ortho nitro benzene ring substituents is 1. The fraction of sp³-hybridized carbons (Fsp3) is 0.357. The van der Waals surface area contributed by atoms with E-state index in [1.54, 1.807) is 23.5 Å². The summed E-state index contributed by atoms with van der Waals surface area (Å²) < 4.78 is 0. The molecule has 21 heavy (non-hydrogen) atoms. The molecule has 0 fully saturated rings. The van der Waals surface area contributed by atoms with Crippen LogP contribution in [0.5, 0.6) is 0 Å². The summed E-state index contributed by atoms with van der Waals surface area (Å²) in [6, 6.07) is 5.99. The summed E-state index contributed by atoms with van der Waals surface area (Å²) in [4.78, 5) is 14.5. The van der Waals surface area contributed by atoms with E-state index in [0.717, 1.165) is 10.7 Å². The van der Waals surface area contributed by atoms with Gasteiger partial charge in [0.1, 0.15) is 5.01 Å². The van der Waals surface area contributed by atoms with Crippen LogP contribution in [0.2, 0.25) is 0 Å². The van der Waals surface area contributed by atoms with Crippen LogP contribution >= 0.6 is 11.3 Å². The molecule has 0 saturated heterocycles. The predicted octanol–water partition coefficient (Wildman–Crippen LogP) is 2.74. The van der Waals surface area contributed by atoms with Gasteiger partial charge in [-0.25, -0.2) is 4.98 Å². The van der Waals surface area contributed by atoms with Gasteiger partial charge in [0.2, 0.25) is 0 Å². The zero-order valence-corrected chi connectivity index (χ0v) is 12.6. The molecular weight excluding hydrogens is 290 g/mol. The lowest BCUT2D eigenvalue weighted by atomic mass is 10.1. The molecular formula is C14H17N3O3S. The maximum atomic E-state index is 10.6. The van der Waals surface area contributed by atoms with Crippen LogP contribution in [-0.2, 0) is 0 Å². The lowest BCUT2D eigenvalue weighted by molar-refractivity contribution is -0.384. The number of aliphatic hydroxyl groups is 1. The molecule has 0 aliphatic carbocycles. The molecule has 6 nitrogen and oxygen atoms in total. The molecule has 2 rings (SSSR count). The zero-order valence-electron chi connectivity index (χ0n) is 11.8. The van der Waals surface area contributed by atoms with Crippen LogP contribution in [0.15, 0.2) is 29.6 Å². The molecule has 2 atom stereocenters. The summed E-state index contributed by atoms with van der Waals surface area (Å²) >= 11 is 1.58. The lowest BCUT2D eigenvalue weighted by Crippen LogP contribution is -2.24. The number of nitrogens with zero attached hydrogens (tertiary/aromatic N) is 2. The third kappa shape index (κ3) is 4.07. The van der Waals surface area contributed by atoms with E-state index in [-0.39, 0.29) is 11.7 Å². The normalized spacial score (nSPS) is 13.9. The first kappa shape index (κ1) is 15.6.